The molecule has 1 aromatic carbocycles. The molecule has 0 saturated carbocycles. The van der Waals surface area contributed by atoms with Crippen molar-refractivity contribution >= 4 is 33.0 Å². The van der Waals surface area contributed by atoms with Gasteiger partial charge in [0.15, 0.2) is 0 Å². The molecule has 0 aliphatic rings. The summed E-state index contributed by atoms with van der Waals surface area (Å²) >= 11 is 4.80. The van der Waals surface area contributed by atoms with Crippen molar-refractivity contribution in [1.29, 1.82) is 0 Å². The molecule has 2 nitrogen and oxygen atoms in total. The summed E-state index contributed by atoms with van der Waals surface area (Å²) in [5.41, 5.74) is -0.243. The van der Waals surface area contributed by atoms with Gasteiger partial charge in [-0.15, -0.1) is 11.3 Å². The van der Waals surface area contributed by atoms with E-state index in [-0.39, 0.29) is 0 Å². The maximum Gasteiger partial charge on any atom is 0.416 e. The molecular weight excluding hydrogens is 353 g/mol. The smallest absolute Gasteiger partial charge is 0.379 e. The first-order chi connectivity index (χ1) is 9.40. The number of alkyl halides is 3. The molecule has 0 saturated heterocycles. The summed E-state index contributed by atoms with van der Waals surface area (Å²) in [6.45, 7) is 2.47. The molecule has 0 unspecified atom stereocenters. The van der Waals surface area contributed by atoms with Gasteiger partial charge in [-0.05, 0) is 40.5 Å². The summed E-state index contributed by atoms with van der Waals surface area (Å²) in [6.07, 6.45) is -1.73. The summed E-state index contributed by atoms with van der Waals surface area (Å²) in [5.74, 6) is 0. The van der Waals surface area contributed by atoms with Crippen LogP contribution in [0.25, 0.3) is 0 Å². The average molecular weight is 365 g/mol. The zero-order chi connectivity index (χ0) is 14.8. The van der Waals surface area contributed by atoms with Gasteiger partial charge < -0.3 is 5.32 Å². The van der Waals surface area contributed by atoms with Crippen molar-refractivity contribution < 1.29 is 13.2 Å². The Morgan fingerprint density at radius 2 is 2.10 bits per heavy atom. The fraction of sp³-hybridized carbons (Fsp3) is 0.308. The van der Waals surface area contributed by atoms with E-state index < -0.39 is 11.7 Å². The summed E-state index contributed by atoms with van der Waals surface area (Å²) in [5, 5.41) is 4.02. The van der Waals surface area contributed by atoms with Crippen LogP contribution in [0, 0.1) is 0 Å². The lowest BCUT2D eigenvalue weighted by atomic mass is 10.2. The number of nitrogens with zero attached hydrogens (tertiary/aromatic N) is 1. The first kappa shape index (κ1) is 15.3. The van der Waals surface area contributed by atoms with Crippen LogP contribution in [-0.2, 0) is 19.1 Å². The predicted octanol–water partition coefficient (Wildman–Crippen LogP) is 5.10. The Morgan fingerprint density at radius 3 is 2.70 bits per heavy atom. The van der Waals surface area contributed by atoms with Crippen molar-refractivity contribution in [3.63, 3.8) is 0 Å². The third-order valence-electron chi connectivity index (χ3n) is 2.65. The zero-order valence-electron chi connectivity index (χ0n) is 10.6. The topological polar surface area (TPSA) is 24.9 Å². The average Bonchev–Trinajstić information content (AvgIpc) is 2.84. The molecule has 0 aliphatic heterocycles. The standard InChI is InChI=1S/C13H12BrF3N2S/c1-2-12-19-7-9(20-12)6-18-11-5-8(13(15,16)17)3-4-10(11)14/h3-5,7,18H,2,6H2,1H3. The van der Waals surface area contributed by atoms with E-state index >= 15 is 0 Å². The Morgan fingerprint density at radius 1 is 1.35 bits per heavy atom. The molecular formula is C13H12BrF3N2S. The summed E-state index contributed by atoms with van der Waals surface area (Å²) in [6, 6.07) is 3.55. The maximum absolute atomic E-state index is 12.7. The lowest BCUT2D eigenvalue weighted by molar-refractivity contribution is -0.137. The summed E-state index contributed by atoms with van der Waals surface area (Å²) in [7, 11) is 0. The number of aryl methyl sites for hydroxylation is 1. The van der Waals surface area contributed by atoms with Gasteiger partial charge >= 0.3 is 6.18 Å². The van der Waals surface area contributed by atoms with Crippen molar-refractivity contribution in [3.8, 4) is 0 Å². The van der Waals surface area contributed by atoms with Crippen LogP contribution in [0.4, 0.5) is 18.9 Å². The molecule has 2 aromatic rings. The Labute approximate surface area is 127 Å². The number of nitrogens with one attached hydrogen (secondary N) is 1. The van der Waals surface area contributed by atoms with Crippen molar-refractivity contribution in [3.05, 3.63) is 44.3 Å². The van der Waals surface area contributed by atoms with Crippen molar-refractivity contribution in [2.75, 3.05) is 5.32 Å². The number of hydrogen-bond acceptors (Lipinski definition) is 3. The number of halogens is 4. The van der Waals surface area contributed by atoms with Crippen LogP contribution in [0.2, 0.25) is 0 Å². The highest BCUT2D eigenvalue weighted by Crippen LogP contribution is 2.34. The molecule has 1 aromatic heterocycles. The van der Waals surface area contributed by atoms with Crippen LogP contribution in [0.15, 0.2) is 28.9 Å². The SMILES string of the molecule is CCc1ncc(CNc2cc(C(F)(F)F)ccc2Br)s1. The third-order valence-corrected chi connectivity index (χ3v) is 4.48. The van der Waals surface area contributed by atoms with Gasteiger partial charge in [-0.1, -0.05) is 6.92 Å². The molecule has 1 N–H and O–H groups in total. The van der Waals surface area contributed by atoms with Gasteiger partial charge in [0.2, 0.25) is 0 Å². The normalized spacial score (nSPS) is 11.7. The molecule has 0 spiro atoms. The maximum atomic E-state index is 12.7. The van der Waals surface area contributed by atoms with E-state index in [1.54, 1.807) is 17.5 Å². The van der Waals surface area contributed by atoms with Gasteiger partial charge in [0.05, 0.1) is 17.1 Å². The van der Waals surface area contributed by atoms with Gasteiger partial charge in [0.25, 0.3) is 0 Å². The first-order valence-corrected chi connectivity index (χ1v) is 7.55. The lowest BCUT2D eigenvalue weighted by Crippen LogP contribution is -2.06. The minimum atomic E-state index is -4.34. The number of anilines is 1. The number of hydrogen-bond donors (Lipinski definition) is 1. The summed E-state index contributed by atoms with van der Waals surface area (Å²) < 4.78 is 38.6. The predicted molar refractivity (Wildman–Crippen MR) is 78.0 cm³/mol. The fourth-order valence-electron chi connectivity index (χ4n) is 1.61. The second-order valence-corrected chi connectivity index (χ2v) is 6.17. The molecule has 0 atom stereocenters. The van der Waals surface area contributed by atoms with E-state index in [2.05, 4.69) is 26.2 Å². The minimum Gasteiger partial charge on any atom is -0.379 e. The lowest BCUT2D eigenvalue weighted by Gasteiger charge is -2.11. The largest absolute Gasteiger partial charge is 0.416 e. The van der Waals surface area contributed by atoms with Crippen LogP contribution >= 0.6 is 27.3 Å². The minimum absolute atomic E-state index is 0.422. The molecule has 2 rings (SSSR count). The molecule has 1 heterocycles. The van der Waals surface area contributed by atoms with E-state index in [9.17, 15) is 13.2 Å². The summed E-state index contributed by atoms with van der Waals surface area (Å²) in [4.78, 5) is 5.20. The number of rotatable bonds is 4. The first-order valence-electron chi connectivity index (χ1n) is 5.94. The van der Waals surface area contributed by atoms with Gasteiger partial charge in [-0.2, -0.15) is 13.2 Å². The molecule has 108 valence electrons. The number of aromatic nitrogens is 1. The second kappa shape index (κ2) is 6.13. The Balaban J connectivity index is 2.12. The van der Waals surface area contributed by atoms with Crippen LogP contribution < -0.4 is 5.32 Å². The van der Waals surface area contributed by atoms with Gasteiger partial charge in [0.1, 0.15) is 0 Å². The molecule has 0 aliphatic carbocycles. The van der Waals surface area contributed by atoms with Crippen LogP contribution in [-0.4, -0.2) is 4.98 Å². The van der Waals surface area contributed by atoms with Crippen LogP contribution in [0.5, 0.6) is 0 Å². The van der Waals surface area contributed by atoms with E-state index in [1.165, 1.54) is 6.07 Å². The van der Waals surface area contributed by atoms with E-state index in [0.717, 1.165) is 28.4 Å². The Bertz CT molecular complexity index is 596. The zero-order valence-corrected chi connectivity index (χ0v) is 13.0. The van der Waals surface area contributed by atoms with E-state index in [0.29, 0.717) is 16.7 Å². The molecule has 0 amide bonds. The van der Waals surface area contributed by atoms with Gasteiger partial charge in [-0.3, -0.25) is 0 Å². The quantitative estimate of drug-likeness (QED) is 0.816. The Hall–Kier alpha value is -1.08. The van der Waals surface area contributed by atoms with Crippen LogP contribution in [0.1, 0.15) is 22.4 Å². The number of benzene rings is 1. The third kappa shape index (κ3) is 3.73. The fourth-order valence-corrected chi connectivity index (χ4v) is 2.80. The monoisotopic (exact) mass is 364 g/mol. The van der Waals surface area contributed by atoms with Gasteiger partial charge in [0, 0.05) is 21.2 Å². The molecule has 0 bridgehead atoms. The number of thiazole rings is 1. The highest BCUT2D eigenvalue weighted by Gasteiger charge is 2.30. The molecule has 7 heteroatoms. The molecule has 0 radical (unpaired) electrons. The highest BCUT2D eigenvalue weighted by molar-refractivity contribution is 9.10. The van der Waals surface area contributed by atoms with Crippen LogP contribution in [0.3, 0.4) is 0 Å². The van der Waals surface area contributed by atoms with E-state index in [1.807, 2.05) is 6.92 Å². The molecule has 20 heavy (non-hydrogen) atoms. The van der Waals surface area contributed by atoms with Crippen molar-refractivity contribution in [2.45, 2.75) is 26.1 Å². The van der Waals surface area contributed by atoms with Crippen molar-refractivity contribution in [1.82, 2.24) is 4.98 Å². The highest BCUT2D eigenvalue weighted by atomic mass is 79.9. The van der Waals surface area contributed by atoms with Crippen molar-refractivity contribution in [2.24, 2.45) is 0 Å². The van der Waals surface area contributed by atoms with Gasteiger partial charge in [-0.25, -0.2) is 4.98 Å². The molecule has 0 fully saturated rings. The second-order valence-electron chi connectivity index (χ2n) is 4.12. The Kier molecular flexibility index (Phi) is 4.70. The van der Waals surface area contributed by atoms with E-state index in [4.69, 9.17) is 0 Å².